The van der Waals surface area contributed by atoms with E-state index in [1.54, 1.807) is 0 Å². The van der Waals surface area contributed by atoms with Gasteiger partial charge in [0, 0.05) is 12.6 Å². The van der Waals surface area contributed by atoms with Gasteiger partial charge in [-0.1, -0.05) is 12.2 Å². The van der Waals surface area contributed by atoms with Crippen molar-refractivity contribution in [2.45, 2.75) is 44.8 Å². The lowest BCUT2D eigenvalue weighted by Crippen LogP contribution is -2.44. The maximum absolute atomic E-state index is 9.35. The Balaban J connectivity index is 2.17. The Labute approximate surface area is 96.9 Å². The summed E-state index contributed by atoms with van der Waals surface area (Å²) < 4.78 is 0. The van der Waals surface area contributed by atoms with Crippen LogP contribution in [0.15, 0.2) is 12.2 Å². The van der Waals surface area contributed by atoms with Crippen LogP contribution >= 0.6 is 12.2 Å². The van der Waals surface area contributed by atoms with Crippen molar-refractivity contribution in [3.05, 3.63) is 12.2 Å². The number of thiocarbonyl (C=S) groups is 1. The number of hydrogen-bond acceptors (Lipinski definition) is 2. The largest absolute Gasteiger partial charge is 0.393 e. The number of aliphatic hydroxyl groups is 1. The molecule has 1 aliphatic rings. The van der Waals surface area contributed by atoms with Gasteiger partial charge in [-0.15, -0.1) is 0 Å². The second-order valence-corrected chi connectivity index (χ2v) is 4.70. The molecule has 0 radical (unpaired) electrons. The van der Waals surface area contributed by atoms with E-state index in [0.29, 0.717) is 11.2 Å². The molecular formula is C11H20N2OS. The van der Waals surface area contributed by atoms with Crippen molar-refractivity contribution in [2.75, 3.05) is 6.54 Å². The second kappa shape index (κ2) is 6.08. The van der Waals surface area contributed by atoms with E-state index in [2.05, 4.69) is 17.2 Å². The molecule has 1 aliphatic carbocycles. The molecule has 15 heavy (non-hydrogen) atoms. The fourth-order valence-corrected chi connectivity index (χ4v) is 1.93. The Morgan fingerprint density at radius 1 is 1.40 bits per heavy atom. The van der Waals surface area contributed by atoms with Crippen LogP contribution < -0.4 is 10.6 Å². The van der Waals surface area contributed by atoms with Crippen molar-refractivity contribution >= 4 is 17.3 Å². The van der Waals surface area contributed by atoms with Gasteiger partial charge in [-0.05, 0) is 44.8 Å². The average molecular weight is 228 g/mol. The molecule has 0 aromatic heterocycles. The van der Waals surface area contributed by atoms with E-state index < -0.39 is 0 Å². The van der Waals surface area contributed by atoms with Crippen LogP contribution in [0.5, 0.6) is 0 Å². The summed E-state index contributed by atoms with van der Waals surface area (Å²) in [6.45, 7) is 6.49. The number of rotatable bonds is 3. The van der Waals surface area contributed by atoms with Crippen molar-refractivity contribution in [1.29, 1.82) is 0 Å². The van der Waals surface area contributed by atoms with Crippen LogP contribution in [0.1, 0.15) is 32.6 Å². The monoisotopic (exact) mass is 228 g/mol. The lowest BCUT2D eigenvalue weighted by molar-refractivity contribution is 0.120. The maximum Gasteiger partial charge on any atom is 0.166 e. The molecule has 0 saturated heterocycles. The molecule has 0 amide bonds. The molecule has 3 N–H and O–H groups in total. The number of aliphatic hydroxyl groups excluding tert-OH is 1. The van der Waals surface area contributed by atoms with Crippen molar-refractivity contribution in [2.24, 2.45) is 0 Å². The molecule has 3 nitrogen and oxygen atoms in total. The quantitative estimate of drug-likeness (QED) is 0.504. The van der Waals surface area contributed by atoms with Crippen LogP contribution in [0, 0.1) is 0 Å². The van der Waals surface area contributed by atoms with Crippen molar-refractivity contribution in [1.82, 2.24) is 10.6 Å². The van der Waals surface area contributed by atoms with Gasteiger partial charge in [0.15, 0.2) is 5.11 Å². The molecular weight excluding hydrogens is 208 g/mol. The SMILES string of the molecule is C=C(C)CNC(=S)NC1CCC(O)CC1. The van der Waals surface area contributed by atoms with Gasteiger partial charge in [0.2, 0.25) is 0 Å². The first-order chi connectivity index (χ1) is 7.08. The van der Waals surface area contributed by atoms with Crippen molar-refractivity contribution in [3.63, 3.8) is 0 Å². The second-order valence-electron chi connectivity index (χ2n) is 4.29. The van der Waals surface area contributed by atoms with Gasteiger partial charge in [0.05, 0.1) is 6.10 Å². The molecule has 0 aromatic carbocycles. The van der Waals surface area contributed by atoms with Gasteiger partial charge in [0.1, 0.15) is 0 Å². The summed E-state index contributed by atoms with van der Waals surface area (Å²) in [7, 11) is 0. The molecule has 0 unspecified atom stereocenters. The summed E-state index contributed by atoms with van der Waals surface area (Å²) >= 11 is 5.16. The summed E-state index contributed by atoms with van der Waals surface area (Å²) in [5.74, 6) is 0. The van der Waals surface area contributed by atoms with Crippen LogP contribution in [0.4, 0.5) is 0 Å². The number of hydrogen-bond donors (Lipinski definition) is 3. The van der Waals surface area contributed by atoms with Gasteiger partial charge < -0.3 is 15.7 Å². The van der Waals surface area contributed by atoms with Crippen molar-refractivity contribution in [3.8, 4) is 0 Å². The minimum Gasteiger partial charge on any atom is -0.393 e. The van der Waals surface area contributed by atoms with Gasteiger partial charge in [0.25, 0.3) is 0 Å². The highest BCUT2D eigenvalue weighted by molar-refractivity contribution is 7.80. The normalized spacial score (nSPS) is 25.7. The zero-order valence-electron chi connectivity index (χ0n) is 9.25. The van der Waals surface area contributed by atoms with E-state index in [1.165, 1.54) is 0 Å². The Hall–Kier alpha value is -0.610. The first-order valence-electron chi connectivity index (χ1n) is 5.44. The fourth-order valence-electron chi connectivity index (χ4n) is 1.69. The zero-order chi connectivity index (χ0) is 11.3. The molecule has 1 fully saturated rings. The molecule has 0 aliphatic heterocycles. The third kappa shape index (κ3) is 5.14. The molecule has 0 heterocycles. The molecule has 86 valence electrons. The summed E-state index contributed by atoms with van der Waals surface area (Å²) in [5, 5.41) is 16.4. The highest BCUT2D eigenvalue weighted by atomic mass is 32.1. The Morgan fingerprint density at radius 2 is 2.00 bits per heavy atom. The Kier molecular flexibility index (Phi) is 5.05. The Morgan fingerprint density at radius 3 is 2.53 bits per heavy atom. The van der Waals surface area contributed by atoms with E-state index in [-0.39, 0.29) is 6.10 Å². The minimum atomic E-state index is -0.111. The molecule has 0 bridgehead atoms. The van der Waals surface area contributed by atoms with Gasteiger partial charge in [-0.3, -0.25) is 0 Å². The first kappa shape index (κ1) is 12.5. The fraction of sp³-hybridized carbons (Fsp3) is 0.727. The van der Waals surface area contributed by atoms with Crippen LogP contribution in [0.3, 0.4) is 0 Å². The van der Waals surface area contributed by atoms with E-state index in [1.807, 2.05) is 6.92 Å². The summed E-state index contributed by atoms with van der Waals surface area (Å²) in [4.78, 5) is 0. The number of nitrogens with one attached hydrogen (secondary N) is 2. The highest BCUT2D eigenvalue weighted by Gasteiger charge is 2.19. The molecule has 0 aromatic rings. The molecule has 4 heteroatoms. The maximum atomic E-state index is 9.35. The lowest BCUT2D eigenvalue weighted by atomic mass is 9.93. The average Bonchev–Trinajstić information content (AvgIpc) is 2.19. The minimum absolute atomic E-state index is 0.111. The highest BCUT2D eigenvalue weighted by Crippen LogP contribution is 2.17. The van der Waals surface area contributed by atoms with Crippen molar-refractivity contribution < 1.29 is 5.11 Å². The van der Waals surface area contributed by atoms with E-state index in [4.69, 9.17) is 12.2 Å². The van der Waals surface area contributed by atoms with Crippen LogP contribution in [0.2, 0.25) is 0 Å². The van der Waals surface area contributed by atoms with Gasteiger partial charge in [-0.2, -0.15) is 0 Å². The molecule has 0 atom stereocenters. The predicted molar refractivity (Wildman–Crippen MR) is 66.8 cm³/mol. The first-order valence-corrected chi connectivity index (χ1v) is 5.85. The topological polar surface area (TPSA) is 44.3 Å². The molecule has 0 spiro atoms. The van der Waals surface area contributed by atoms with Crippen LogP contribution in [0.25, 0.3) is 0 Å². The standard InChI is InChI=1S/C11H20N2OS/c1-8(2)7-12-11(15)13-9-3-5-10(14)6-4-9/h9-10,14H,1,3-7H2,2H3,(H2,12,13,15). The molecule has 1 rings (SSSR count). The Bertz CT molecular complexity index is 235. The summed E-state index contributed by atoms with van der Waals surface area (Å²) in [5.41, 5.74) is 1.07. The zero-order valence-corrected chi connectivity index (χ0v) is 10.1. The summed E-state index contributed by atoms with van der Waals surface area (Å²) in [6, 6.07) is 0.415. The van der Waals surface area contributed by atoms with Crippen LogP contribution in [-0.2, 0) is 0 Å². The predicted octanol–water partition coefficient (Wildman–Crippen LogP) is 1.33. The van der Waals surface area contributed by atoms with E-state index >= 15 is 0 Å². The third-order valence-corrected chi connectivity index (χ3v) is 2.84. The summed E-state index contributed by atoms with van der Waals surface area (Å²) in [6.07, 6.45) is 3.63. The van der Waals surface area contributed by atoms with Crippen LogP contribution in [-0.4, -0.2) is 28.9 Å². The van der Waals surface area contributed by atoms with E-state index in [9.17, 15) is 5.11 Å². The van der Waals surface area contributed by atoms with E-state index in [0.717, 1.165) is 37.8 Å². The lowest BCUT2D eigenvalue weighted by Gasteiger charge is -2.27. The smallest absolute Gasteiger partial charge is 0.166 e. The van der Waals surface area contributed by atoms with Gasteiger partial charge in [-0.25, -0.2) is 0 Å². The third-order valence-electron chi connectivity index (χ3n) is 2.58. The molecule has 1 saturated carbocycles. The van der Waals surface area contributed by atoms with Gasteiger partial charge >= 0.3 is 0 Å².